The Labute approximate surface area is 491 Å². The molecule has 0 bridgehead atoms. The fourth-order valence-corrected chi connectivity index (χ4v) is 10.1. The first-order valence-electron chi connectivity index (χ1n) is 34.4. The van der Waals surface area contributed by atoms with Crippen LogP contribution in [0, 0.1) is 0 Å². The summed E-state index contributed by atoms with van der Waals surface area (Å²) >= 11 is 0. The first kappa shape index (κ1) is 75.8. The van der Waals surface area contributed by atoms with Gasteiger partial charge >= 0.3 is 17.9 Å². The number of ether oxygens (including phenoxy) is 3. The molecular formula is C73H130O6. The third-order valence-corrected chi connectivity index (χ3v) is 15.2. The van der Waals surface area contributed by atoms with Gasteiger partial charge in [0.15, 0.2) is 6.10 Å². The van der Waals surface area contributed by atoms with E-state index in [9.17, 15) is 14.4 Å². The maximum absolute atomic E-state index is 12.9. The summed E-state index contributed by atoms with van der Waals surface area (Å²) in [5.74, 6) is -0.858. The van der Waals surface area contributed by atoms with Crippen LogP contribution in [0.15, 0.2) is 72.9 Å². The van der Waals surface area contributed by atoms with E-state index < -0.39 is 6.10 Å². The van der Waals surface area contributed by atoms with Crippen LogP contribution in [0.1, 0.15) is 355 Å². The topological polar surface area (TPSA) is 78.9 Å². The first-order chi connectivity index (χ1) is 39.0. The minimum absolute atomic E-state index is 0.0732. The highest BCUT2D eigenvalue weighted by molar-refractivity contribution is 5.71. The molecule has 0 aromatic rings. The summed E-state index contributed by atoms with van der Waals surface area (Å²) in [6.45, 7) is 6.57. The van der Waals surface area contributed by atoms with Gasteiger partial charge in [-0.1, -0.05) is 318 Å². The molecule has 79 heavy (non-hydrogen) atoms. The van der Waals surface area contributed by atoms with Crippen molar-refractivity contribution in [3.8, 4) is 0 Å². The van der Waals surface area contributed by atoms with E-state index >= 15 is 0 Å². The Morgan fingerprint density at radius 3 is 0.772 bits per heavy atom. The highest BCUT2D eigenvalue weighted by atomic mass is 16.6. The largest absolute Gasteiger partial charge is 0.462 e. The lowest BCUT2D eigenvalue weighted by Crippen LogP contribution is -2.30. The van der Waals surface area contributed by atoms with Crippen molar-refractivity contribution >= 4 is 17.9 Å². The maximum atomic E-state index is 12.9. The highest BCUT2D eigenvalue weighted by Crippen LogP contribution is 2.17. The molecule has 0 aromatic heterocycles. The molecule has 458 valence electrons. The monoisotopic (exact) mass is 1100 g/mol. The molecule has 1 atom stereocenters. The van der Waals surface area contributed by atoms with E-state index in [1.54, 1.807) is 0 Å². The van der Waals surface area contributed by atoms with Gasteiger partial charge < -0.3 is 14.2 Å². The van der Waals surface area contributed by atoms with Gasteiger partial charge in [-0.05, 0) is 89.9 Å². The predicted molar refractivity (Wildman–Crippen MR) is 344 cm³/mol. The van der Waals surface area contributed by atoms with E-state index in [1.807, 2.05) is 0 Å². The number of hydrogen-bond acceptors (Lipinski definition) is 6. The van der Waals surface area contributed by atoms with Crippen LogP contribution in [0.25, 0.3) is 0 Å². The Bertz CT molecular complexity index is 1450. The third-order valence-electron chi connectivity index (χ3n) is 15.2. The van der Waals surface area contributed by atoms with Gasteiger partial charge in [-0.2, -0.15) is 0 Å². The second-order valence-corrected chi connectivity index (χ2v) is 23.1. The first-order valence-corrected chi connectivity index (χ1v) is 34.4. The Kier molecular flexibility index (Phi) is 64.7. The molecule has 0 rings (SSSR count). The molecule has 1 unspecified atom stereocenters. The SMILES string of the molecule is CC/C=C\C/C=C\C/C=C\C/C=C\CCCCCCCCCCCCCCC(=O)OCC(COC(=O)CCCCCCCCCCCCCCCCC)OC(=O)CCCCCCCCCCC/C=C\C/C=C\CCCCCCC. The number of allylic oxidation sites excluding steroid dienone is 12. The summed E-state index contributed by atoms with van der Waals surface area (Å²) in [4.78, 5) is 38.4. The average Bonchev–Trinajstić information content (AvgIpc) is 3.45. The van der Waals surface area contributed by atoms with E-state index in [1.165, 1.54) is 225 Å². The van der Waals surface area contributed by atoms with Crippen LogP contribution in [0.2, 0.25) is 0 Å². The summed E-state index contributed by atoms with van der Waals surface area (Å²) in [6.07, 6.45) is 87.7. The molecule has 0 heterocycles. The number of unbranched alkanes of at least 4 members (excludes halogenated alkanes) is 40. The zero-order valence-corrected chi connectivity index (χ0v) is 52.6. The Balaban J connectivity index is 4.31. The summed E-state index contributed by atoms with van der Waals surface area (Å²) in [5, 5.41) is 0. The molecule has 0 aliphatic rings. The van der Waals surface area contributed by atoms with Crippen molar-refractivity contribution in [1.29, 1.82) is 0 Å². The lowest BCUT2D eigenvalue weighted by Gasteiger charge is -2.18. The van der Waals surface area contributed by atoms with Crippen LogP contribution >= 0.6 is 0 Å². The number of hydrogen-bond donors (Lipinski definition) is 0. The zero-order chi connectivity index (χ0) is 57.1. The van der Waals surface area contributed by atoms with Crippen LogP contribution in [0.5, 0.6) is 0 Å². The molecule has 6 nitrogen and oxygen atoms in total. The molecule has 0 fully saturated rings. The molecule has 0 amide bonds. The van der Waals surface area contributed by atoms with Crippen molar-refractivity contribution in [1.82, 2.24) is 0 Å². The zero-order valence-electron chi connectivity index (χ0n) is 52.6. The Morgan fingerprint density at radius 2 is 0.494 bits per heavy atom. The van der Waals surface area contributed by atoms with E-state index in [4.69, 9.17) is 14.2 Å². The predicted octanol–water partition coefficient (Wildman–Crippen LogP) is 23.7. The van der Waals surface area contributed by atoms with Crippen LogP contribution in [0.4, 0.5) is 0 Å². The molecule has 0 aliphatic heterocycles. The van der Waals surface area contributed by atoms with Gasteiger partial charge in [-0.25, -0.2) is 0 Å². The molecule has 0 saturated carbocycles. The van der Waals surface area contributed by atoms with Gasteiger partial charge in [-0.3, -0.25) is 14.4 Å². The Morgan fingerprint density at radius 1 is 0.266 bits per heavy atom. The van der Waals surface area contributed by atoms with E-state index in [-0.39, 0.29) is 31.1 Å². The molecular weight excluding hydrogens is 973 g/mol. The average molecular weight is 1100 g/mol. The van der Waals surface area contributed by atoms with Crippen molar-refractivity contribution in [2.45, 2.75) is 361 Å². The lowest BCUT2D eigenvalue weighted by molar-refractivity contribution is -0.167. The van der Waals surface area contributed by atoms with Gasteiger partial charge in [0.25, 0.3) is 0 Å². The van der Waals surface area contributed by atoms with Gasteiger partial charge in [0.2, 0.25) is 0 Å². The summed E-state index contributed by atoms with van der Waals surface area (Å²) in [6, 6.07) is 0. The van der Waals surface area contributed by atoms with Crippen molar-refractivity contribution in [3.05, 3.63) is 72.9 Å². The number of carbonyl (C=O) groups is 3. The maximum Gasteiger partial charge on any atom is 0.306 e. The van der Waals surface area contributed by atoms with Crippen LogP contribution in [-0.4, -0.2) is 37.2 Å². The number of rotatable bonds is 63. The lowest BCUT2D eigenvalue weighted by atomic mass is 10.0. The smallest absolute Gasteiger partial charge is 0.306 e. The Hall–Kier alpha value is -3.15. The van der Waals surface area contributed by atoms with Gasteiger partial charge in [-0.15, -0.1) is 0 Å². The second kappa shape index (κ2) is 67.4. The molecule has 0 aliphatic carbocycles. The van der Waals surface area contributed by atoms with Crippen molar-refractivity contribution in [3.63, 3.8) is 0 Å². The van der Waals surface area contributed by atoms with Crippen molar-refractivity contribution in [2.75, 3.05) is 13.2 Å². The minimum atomic E-state index is -0.778. The highest BCUT2D eigenvalue weighted by Gasteiger charge is 2.19. The molecule has 0 radical (unpaired) electrons. The number of carbonyl (C=O) groups excluding carboxylic acids is 3. The summed E-state index contributed by atoms with van der Waals surface area (Å²) < 4.78 is 17.0. The van der Waals surface area contributed by atoms with Crippen molar-refractivity contribution in [2.24, 2.45) is 0 Å². The van der Waals surface area contributed by atoms with Crippen LogP contribution in [-0.2, 0) is 28.6 Å². The van der Waals surface area contributed by atoms with Crippen LogP contribution < -0.4 is 0 Å². The number of esters is 3. The second-order valence-electron chi connectivity index (χ2n) is 23.1. The molecule has 0 saturated heterocycles. The molecule has 0 spiro atoms. The van der Waals surface area contributed by atoms with Gasteiger partial charge in [0.1, 0.15) is 13.2 Å². The normalized spacial score (nSPS) is 12.5. The van der Waals surface area contributed by atoms with E-state index in [0.29, 0.717) is 19.3 Å². The van der Waals surface area contributed by atoms with Gasteiger partial charge in [0.05, 0.1) is 0 Å². The van der Waals surface area contributed by atoms with Crippen LogP contribution in [0.3, 0.4) is 0 Å². The minimum Gasteiger partial charge on any atom is -0.462 e. The summed E-state index contributed by atoms with van der Waals surface area (Å²) in [5.41, 5.74) is 0. The fourth-order valence-electron chi connectivity index (χ4n) is 10.1. The standard InChI is InChI=1S/C73H130O6/c1-4-7-10-13-16-19-22-25-28-30-32-34-35-36-37-39-40-42-45-48-51-54-57-60-63-66-72(75)78-69-70(68-77-71(74)65-62-59-56-53-50-47-44-27-24-21-18-15-12-9-6-3)79-73(76)67-64-61-58-55-52-49-46-43-41-38-33-31-29-26-23-20-17-14-11-8-5-2/h7,10,16,19,23,25-26,28,31-34,70H,4-6,8-9,11-15,17-18,20-22,24,27,29-30,35-69H2,1-3H3/b10-7-,19-16-,26-23-,28-25-,33-31-,34-32-. The quantitative estimate of drug-likeness (QED) is 0.0261. The third kappa shape index (κ3) is 65.5. The molecule has 0 aromatic carbocycles. The van der Waals surface area contributed by atoms with E-state index in [2.05, 4.69) is 93.7 Å². The van der Waals surface area contributed by atoms with Crippen molar-refractivity contribution < 1.29 is 28.6 Å². The molecule has 6 heteroatoms. The van der Waals surface area contributed by atoms with E-state index in [0.717, 1.165) is 89.9 Å². The molecule has 0 N–H and O–H groups in total. The van der Waals surface area contributed by atoms with Gasteiger partial charge in [0, 0.05) is 19.3 Å². The fraction of sp³-hybridized carbons (Fsp3) is 0.795. The summed E-state index contributed by atoms with van der Waals surface area (Å²) in [7, 11) is 0.